The second kappa shape index (κ2) is 9.45. The van der Waals surface area contributed by atoms with E-state index in [4.69, 9.17) is 4.74 Å². The highest BCUT2D eigenvalue weighted by atomic mass is 79.9. The predicted octanol–water partition coefficient (Wildman–Crippen LogP) is 5.32. The summed E-state index contributed by atoms with van der Waals surface area (Å²) in [6.45, 7) is 6.06. The lowest BCUT2D eigenvalue weighted by Crippen LogP contribution is -2.43. The molecule has 1 N–H and O–H groups in total. The Morgan fingerprint density at radius 3 is 2.44 bits per heavy atom. The summed E-state index contributed by atoms with van der Waals surface area (Å²) in [6.07, 6.45) is 0. The number of nitrogens with zero attached hydrogens (tertiary/aromatic N) is 3. The first-order valence-electron chi connectivity index (χ1n) is 11.0. The maximum absolute atomic E-state index is 5.92. The average molecular weight is 491 g/mol. The normalized spacial score (nSPS) is 15.3. The second-order valence-corrected chi connectivity index (χ2v) is 9.29. The molecule has 0 radical (unpaired) electrons. The summed E-state index contributed by atoms with van der Waals surface area (Å²) < 4.78 is 6.89. The maximum Gasteiger partial charge on any atom is 0.216 e. The van der Waals surface area contributed by atoms with Gasteiger partial charge in [-0.05, 0) is 45.7 Å². The number of nitrogens with one attached hydrogen (secondary N) is 1. The van der Waals surface area contributed by atoms with Gasteiger partial charge in [-0.3, -0.25) is 4.90 Å². The van der Waals surface area contributed by atoms with Crippen LogP contribution >= 0.6 is 15.9 Å². The minimum atomic E-state index is 0.494. The number of aromatic amines is 1. The molecule has 6 heteroatoms. The number of H-pyrrole nitrogens is 1. The fourth-order valence-electron chi connectivity index (χ4n) is 4.06. The molecule has 1 fully saturated rings. The molecule has 1 aliphatic rings. The van der Waals surface area contributed by atoms with Gasteiger partial charge in [-0.25, -0.2) is 0 Å². The van der Waals surface area contributed by atoms with E-state index in [2.05, 4.69) is 73.1 Å². The lowest BCUT2D eigenvalue weighted by atomic mass is 10.1. The zero-order valence-corrected chi connectivity index (χ0v) is 19.8. The van der Waals surface area contributed by atoms with Crippen molar-refractivity contribution < 1.29 is 4.74 Å². The number of hydrogen-bond donors (Lipinski definition) is 1. The minimum absolute atomic E-state index is 0.494. The molecule has 0 aliphatic carbocycles. The molecule has 2 aromatic carbocycles. The minimum Gasteiger partial charge on any atom is -0.473 e. The van der Waals surface area contributed by atoms with Gasteiger partial charge in [0.2, 0.25) is 5.88 Å². The van der Waals surface area contributed by atoms with E-state index in [-0.39, 0.29) is 0 Å². The van der Waals surface area contributed by atoms with Crippen LogP contribution in [0.25, 0.3) is 22.3 Å². The molecule has 5 rings (SSSR count). The van der Waals surface area contributed by atoms with Crippen LogP contribution in [0.3, 0.4) is 0 Å². The van der Waals surface area contributed by atoms with Gasteiger partial charge in [-0.2, -0.15) is 4.98 Å². The van der Waals surface area contributed by atoms with Crippen molar-refractivity contribution in [3.05, 3.63) is 82.3 Å². The van der Waals surface area contributed by atoms with Gasteiger partial charge in [0.05, 0.1) is 0 Å². The molecule has 1 aliphatic heterocycles. The number of likely N-dealkylation sites (N-methyl/N-ethyl adjacent to an activating group) is 1. The van der Waals surface area contributed by atoms with E-state index in [1.54, 1.807) is 0 Å². The lowest BCUT2D eigenvalue weighted by Gasteiger charge is -2.32. The molecular weight excluding hydrogens is 464 g/mol. The van der Waals surface area contributed by atoms with Gasteiger partial charge in [0.25, 0.3) is 0 Å². The number of aromatic nitrogens is 2. The van der Waals surface area contributed by atoms with E-state index >= 15 is 0 Å². The number of halogens is 1. The largest absolute Gasteiger partial charge is 0.473 e. The third-order valence-electron chi connectivity index (χ3n) is 6.02. The molecule has 5 nitrogen and oxygen atoms in total. The first-order chi connectivity index (χ1) is 15.6. The van der Waals surface area contributed by atoms with Crippen LogP contribution in [0.5, 0.6) is 5.88 Å². The van der Waals surface area contributed by atoms with Crippen LogP contribution in [0.15, 0.2) is 71.2 Å². The summed E-state index contributed by atoms with van der Waals surface area (Å²) in [5, 5.41) is 1.05. The molecule has 32 heavy (non-hydrogen) atoms. The Hall–Kier alpha value is -2.67. The molecule has 3 heterocycles. The van der Waals surface area contributed by atoms with Crippen molar-refractivity contribution in [1.82, 2.24) is 19.8 Å². The van der Waals surface area contributed by atoms with Crippen LogP contribution in [-0.4, -0.2) is 53.0 Å². The van der Waals surface area contributed by atoms with Crippen molar-refractivity contribution in [3.63, 3.8) is 0 Å². The highest BCUT2D eigenvalue weighted by Crippen LogP contribution is 2.31. The Labute approximate surface area is 197 Å². The van der Waals surface area contributed by atoms with Crippen molar-refractivity contribution >= 4 is 27.0 Å². The number of benzene rings is 2. The van der Waals surface area contributed by atoms with E-state index in [0.29, 0.717) is 12.5 Å². The first kappa shape index (κ1) is 21.2. The average Bonchev–Trinajstić information content (AvgIpc) is 3.25. The van der Waals surface area contributed by atoms with E-state index in [1.807, 2.05) is 36.4 Å². The number of fused-ring (bicyclic) bond motifs is 1. The number of hydrogen-bond acceptors (Lipinski definition) is 4. The van der Waals surface area contributed by atoms with E-state index in [0.717, 1.165) is 65.1 Å². The molecule has 0 atom stereocenters. The molecule has 164 valence electrons. The summed E-state index contributed by atoms with van der Waals surface area (Å²) in [4.78, 5) is 13.1. The Kier molecular flexibility index (Phi) is 6.26. The summed E-state index contributed by atoms with van der Waals surface area (Å²) in [5.74, 6) is 0.601. The van der Waals surface area contributed by atoms with Crippen molar-refractivity contribution in [2.75, 3.05) is 33.2 Å². The van der Waals surface area contributed by atoms with Gasteiger partial charge in [0.1, 0.15) is 12.3 Å². The van der Waals surface area contributed by atoms with Crippen LogP contribution in [0.1, 0.15) is 11.1 Å². The van der Waals surface area contributed by atoms with Crippen molar-refractivity contribution in [3.8, 4) is 17.1 Å². The molecule has 1 saturated heterocycles. The quantitative estimate of drug-likeness (QED) is 0.397. The predicted molar refractivity (Wildman–Crippen MR) is 133 cm³/mol. The third kappa shape index (κ3) is 4.88. The summed E-state index contributed by atoms with van der Waals surface area (Å²) >= 11 is 3.68. The number of piperazine rings is 1. The SMILES string of the molecule is CN1CCN(Cc2ccc(-c3cc4c(Br)cc(OCc5ccccc5)nc4[nH]3)cc2)CC1. The Balaban J connectivity index is 1.30. The van der Waals surface area contributed by atoms with Gasteiger partial charge in [-0.1, -0.05) is 54.6 Å². The number of pyridine rings is 1. The number of rotatable bonds is 6. The van der Waals surface area contributed by atoms with Crippen LogP contribution in [-0.2, 0) is 13.2 Å². The van der Waals surface area contributed by atoms with E-state index in [9.17, 15) is 0 Å². The van der Waals surface area contributed by atoms with E-state index < -0.39 is 0 Å². The molecule has 0 saturated carbocycles. The lowest BCUT2D eigenvalue weighted by molar-refractivity contribution is 0.148. The zero-order chi connectivity index (χ0) is 21.9. The van der Waals surface area contributed by atoms with Crippen LogP contribution in [0, 0.1) is 0 Å². The second-order valence-electron chi connectivity index (χ2n) is 8.44. The molecule has 0 bridgehead atoms. The zero-order valence-electron chi connectivity index (χ0n) is 18.2. The maximum atomic E-state index is 5.92. The van der Waals surface area contributed by atoms with Gasteiger partial charge in [0.15, 0.2) is 0 Å². The molecule has 4 aromatic rings. The standard InChI is InChI=1S/C26H27BrN4O/c1-30-11-13-31(14-12-30)17-19-7-9-21(10-8-19)24-15-22-23(27)16-25(29-26(22)28-24)32-18-20-5-3-2-4-6-20/h2-10,15-16H,11-14,17-18H2,1H3,(H,28,29). The van der Waals surface area contributed by atoms with Crippen molar-refractivity contribution in [2.24, 2.45) is 0 Å². The van der Waals surface area contributed by atoms with Crippen LogP contribution in [0.4, 0.5) is 0 Å². The molecule has 0 spiro atoms. The van der Waals surface area contributed by atoms with Crippen LogP contribution in [0.2, 0.25) is 0 Å². The molecular formula is C26H27BrN4O. The topological polar surface area (TPSA) is 44.4 Å². The van der Waals surface area contributed by atoms with Gasteiger partial charge in [0, 0.05) is 54.3 Å². The van der Waals surface area contributed by atoms with E-state index in [1.165, 1.54) is 5.56 Å². The summed E-state index contributed by atoms with van der Waals surface area (Å²) in [5.41, 5.74) is 5.50. The smallest absolute Gasteiger partial charge is 0.216 e. The summed E-state index contributed by atoms with van der Waals surface area (Å²) in [6, 6.07) is 23.0. The van der Waals surface area contributed by atoms with Gasteiger partial charge >= 0.3 is 0 Å². The highest BCUT2D eigenvalue weighted by Gasteiger charge is 2.14. The molecule has 0 amide bonds. The van der Waals surface area contributed by atoms with Gasteiger partial charge in [-0.15, -0.1) is 0 Å². The fourth-order valence-corrected chi connectivity index (χ4v) is 4.56. The highest BCUT2D eigenvalue weighted by molar-refractivity contribution is 9.10. The van der Waals surface area contributed by atoms with Crippen LogP contribution < -0.4 is 4.74 Å². The monoisotopic (exact) mass is 490 g/mol. The van der Waals surface area contributed by atoms with Crippen molar-refractivity contribution in [2.45, 2.75) is 13.2 Å². The Bertz CT molecular complexity index is 1180. The summed E-state index contributed by atoms with van der Waals surface area (Å²) in [7, 11) is 2.19. The fraction of sp³-hybridized carbons (Fsp3) is 0.269. The Morgan fingerprint density at radius 1 is 0.938 bits per heavy atom. The first-order valence-corrected chi connectivity index (χ1v) is 11.8. The number of ether oxygens (including phenoxy) is 1. The molecule has 2 aromatic heterocycles. The molecule has 0 unspecified atom stereocenters. The third-order valence-corrected chi connectivity index (χ3v) is 6.68. The van der Waals surface area contributed by atoms with Crippen molar-refractivity contribution in [1.29, 1.82) is 0 Å². The van der Waals surface area contributed by atoms with Gasteiger partial charge < -0.3 is 14.6 Å². The Morgan fingerprint density at radius 2 is 1.69 bits per heavy atom.